The van der Waals surface area contributed by atoms with Crippen molar-refractivity contribution in [1.29, 1.82) is 0 Å². The Morgan fingerprint density at radius 1 is 1.39 bits per heavy atom. The molecule has 1 rings (SSSR count). The Balaban J connectivity index is 2.88. The number of methoxy groups -OCH3 is 2. The van der Waals surface area contributed by atoms with Crippen molar-refractivity contribution in [2.24, 2.45) is 5.92 Å². The first-order valence-electron chi connectivity index (χ1n) is 5.99. The molecule has 1 aliphatic rings. The fourth-order valence-corrected chi connectivity index (χ4v) is 3.58. The summed E-state index contributed by atoms with van der Waals surface area (Å²) in [5, 5.41) is 0. The second-order valence-electron chi connectivity index (χ2n) is 4.69. The van der Waals surface area contributed by atoms with E-state index in [-0.39, 0.29) is 18.1 Å². The number of hydrogen-bond donors (Lipinski definition) is 0. The Kier molecular flexibility index (Phi) is 6.04. The van der Waals surface area contributed by atoms with Crippen LogP contribution in [0.3, 0.4) is 0 Å². The Labute approximate surface area is 118 Å². The average molecular weight is 291 g/mol. The first kappa shape index (κ1) is 15.9. The van der Waals surface area contributed by atoms with Crippen LogP contribution in [0.1, 0.15) is 20.8 Å². The number of amides is 1. The zero-order chi connectivity index (χ0) is 13.9. The second kappa shape index (κ2) is 6.84. The summed E-state index contributed by atoms with van der Waals surface area (Å²) in [7, 11) is 3.09. The predicted molar refractivity (Wildman–Crippen MR) is 77.8 cm³/mol. The molecule has 0 saturated carbocycles. The largest absolute Gasteiger partial charge is 0.378 e. The summed E-state index contributed by atoms with van der Waals surface area (Å²) < 4.78 is 11.1. The maximum absolute atomic E-state index is 12.5. The number of carbonyl (C=O) groups is 1. The monoisotopic (exact) mass is 291 g/mol. The topological polar surface area (TPSA) is 38.8 Å². The van der Waals surface area contributed by atoms with Crippen LogP contribution in [0.5, 0.6) is 0 Å². The number of ether oxygens (including phenoxy) is 2. The minimum Gasteiger partial charge on any atom is -0.378 e. The van der Waals surface area contributed by atoms with E-state index in [4.69, 9.17) is 21.7 Å². The van der Waals surface area contributed by atoms with Gasteiger partial charge in [0.2, 0.25) is 0 Å². The van der Waals surface area contributed by atoms with E-state index in [1.54, 1.807) is 23.8 Å². The van der Waals surface area contributed by atoms with Gasteiger partial charge in [0.05, 0.1) is 12.1 Å². The van der Waals surface area contributed by atoms with Crippen molar-refractivity contribution in [2.45, 2.75) is 39.0 Å². The highest BCUT2D eigenvalue weighted by atomic mass is 32.2. The van der Waals surface area contributed by atoms with E-state index in [1.807, 2.05) is 6.92 Å². The molecule has 4 nitrogen and oxygen atoms in total. The SMILES string of the molecule is CO[C@H](C)[C@@H](OC)C(=O)N1C(=S)SC[C@@H]1C(C)C. The summed E-state index contributed by atoms with van der Waals surface area (Å²) >= 11 is 6.83. The predicted octanol–water partition coefficient (Wildman–Crippen LogP) is 1.92. The number of rotatable bonds is 5. The third kappa shape index (κ3) is 3.23. The van der Waals surface area contributed by atoms with Gasteiger partial charge in [-0.2, -0.15) is 0 Å². The van der Waals surface area contributed by atoms with E-state index in [2.05, 4.69) is 13.8 Å². The lowest BCUT2D eigenvalue weighted by atomic mass is 10.0. The molecule has 0 spiro atoms. The zero-order valence-electron chi connectivity index (χ0n) is 11.5. The van der Waals surface area contributed by atoms with Crippen LogP contribution in [0, 0.1) is 5.92 Å². The van der Waals surface area contributed by atoms with E-state index in [9.17, 15) is 4.79 Å². The Hall–Kier alpha value is -0.170. The molecule has 1 aliphatic heterocycles. The van der Waals surface area contributed by atoms with Crippen LogP contribution in [-0.4, -0.2) is 53.3 Å². The van der Waals surface area contributed by atoms with Gasteiger partial charge < -0.3 is 9.47 Å². The molecule has 18 heavy (non-hydrogen) atoms. The number of carbonyl (C=O) groups excluding carboxylic acids is 1. The molecule has 1 amide bonds. The first-order valence-corrected chi connectivity index (χ1v) is 7.38. The summed E-state index contributed by atoms with van der Waals surface area (Å²) in [4.78, 5) is 14.2. The van der Waals surface area contributed by atoms with Crippen molar-refractivity contribution in [2.75, 3.05) is 20.0 Å². The molecule has 0 N–H and O–H groups in total. The number of nitrogens with zero attached hydrogens (tertiary/aromatic N) is 1. The Morgan fingerprint density at radius 3 is 2.44 bits per heavy atom. The molecular weight excluding hydrogens is 270 g/mol. The Bertz CT molecular complexity index is 322. The van der Waals surface area contributed by atoms with Crippen LogP contribution in [0.2, 0.25) is 0 Å². The lowest BCUT2D eigenvalue weighted by molar-refractivity contribution is -0.147. The maximum atomic E-state index is 12.5. The fraction of sp³-hybridized carbons (Fsp3) is 0.833. The second-order valence-corrected chi connectivity index (χ2v) is 6.35. The third-order valence-electron chi connectivity index (χ3n) is 3.21. The summed E-state index contributed by atoms with van der Waals surface area (Å²) in [5.41, 5.74) is 0. The lowest BCUT2D eigenvalue weighted by Gasteiger charge is -2.31. The van der Waals surface area contributed by atoms with Gasteiger partial charge in [-0.05, 0) is 12.8 Å². The van der Waals surface area contributed by atoms with Gasteiger partial charge in [0.25, 0.3) is 5.91 Å². The third-order valence-corrected chi connectivity index (χ3v) is 4.71. The standard InChI is InChI=1S/C12H21NO3S2/c1-7(2)9-6-18-12(17)13(9)11(14)10(16-5)8(3)15-4/h7-10H,6H2,1-5H3/t8-,9-,10-/m1/s1. The van der Waals surface area contributed by atoms with Crippen molar-refractivity contribution in [3.63, 3.8) is 0 Å². The van der Waals surface area contributed by atoms with Gasteiger partial charge in [0.1, 0.15) is 4.32 Å². The average Bonchev–Trinajstić information content (AvgIpc) is 2.71. The van der Waals surface area contributed by atoms with Crippen molar-refractivity contribution < 1.29 is 14.3 Å². The van der Waals surface area contributed by atoms with Crippen molar-refractivity contribution >= 4 is 34.2 Å². The van der Waals surface area contributed by atoms with E-state index < -0.39 is 6.10 Å². The Morgan fingerprint density at radius 2 is 2.00 bits per heavy atom. The number of thioether (sulfide) groups is 1. The normalized spacial score (nSPS) is 23.6. The lowest BCUT2D eigenvalue weighted by Crippen LogP contribution is -2.50. The van der Waals surface area contributed by atoms with Crippen LogP contribution in [0.25, 0.3) is 0 Å². The van der Waals surface area contributed by atoms with E-state index in [1.165, 1.54) is 7.11 Å². The summed E-state index contributed by atoms with van der Waals surface area (Å²) in [5.74, 6) is 1.14. The molecule has 1 heterocycles. The number of thiocarbonyl (C=S) groups is 1. The van der Waals surface area contributed by atoms with E-state index >= 15 is 0 Å². The quantitative estimate of drug-likeness (QED) is 0.724. The van der Waals surface area contributed by atoms with Gasteiger partial charge in [-0.25, -0.2) is 0 Å². The molecular formula is C12H21NO3S2. The van der Waals surface area contributed by atoms with Gasteiger partial charge in [-0.1, -0.05) is 37.8 Å². The minimum absolute atomic E-state index is 0.0967. The molecule has 0 unspecified atom stereocenters. The molecule has 0 aliphatic carbocycles. The molecule has 0 radical (unpaired) electrons. The number of hydrogen-bond acceptors (Lipinski definition) is 5. The maximum Gasteiger partial charge on any atom is 0.260 e. The smallest absolute Gasteiger partial charge is 0.260 e. The van der Waals surface area contributed by atoms with Gasteiger partial charge in [-0.3, -0.25) is 9.69 Å². The molecule has 104 valence electrons. The highest BCUT2D eigenvalue weighted by molar-refractivity contribution is 8.23. The molecule has 0 aromatic carbocycles. The van der Waals surface area contributed by atoms with Gasteiger partial charge >= 0.3 is 0 Å². The van der Waals surface area contributed by atoms with Crippen LogP contribution in [0.4, 0.5) is 0 Å². The zero-order valence-corrected chi connectivity index (χ0v) is 13.1. The molecule has 1 fully saturated rings. The summed E-state index contributed by atoms with van der Waals surface area (Å²) in [6, 6.07) is 0.150. The van der Waals surface area contributed by atoms with Crippen LogP contribution >= 0.6 is 24.0 Å². The molecule has 1 saturated heterocycles. The summed E-state index contributed by atoms with van der Waals surface area (Å²) in [6.07, 6.45) is -0.892. The van der Waals surface area contributed by atoms with Gasteiger partial charge in [0.15, 0.2) is 6.10 Å². The highest BCUT2D eigenvalue weighted by Crippen LogP contribution is 2.30. The molecule has 0 aromatic heterocycles. The highest BCUT2D eigenvalue weighted by Gasteiger charge is 2.40. The van der Waals surface area contributed by atoms with Crippen molar-refractivity contribution in [3.8, 4) is 0 Å². The molecule has 0 bridgehead atoms. The molecule has 3 atom stereocenters. The summed E-state index contributed by atoms with van der Waals surface area (Å²) in [6.45, 7) is 6.02. The van der Waals surface area contributed by atoms with E-state index in [0.717, 1.165) is 5.75 Å². The fourth-order valence-electron chi connectivity index (χ4n) is 1.93. The van der Waals surface area contributed by atoms with Crippen LogP contribution in [0.15, 0.2) is 0 Å². The van der Waals surface area contributed by atoms with Crippen molar-refractivity contribution in [1.82, 2.24) is 4.90 Å². The molecule has 0 aromatic rings. The van der Waals surface area contributed by atoms with E-state index in [0.29, 0.717) is 10.2 Å². The molecule has 6 heteroatoms. The van der Waals surface area contributed by atoms with Gasteiger partial charge in [-0.15, -0.1) is 0 Å². The van der Waals surface area contributed by atoms with Gasteiger partial charge in [0, 0.05) is 20.0 Å². The van der Waals surface area contributed by atoms with Crippen molar-refractivity contribution in [3.05, 3.63) is 0 Å². The van der Waals surface area contributed by atoms with Crippen LogP contribution in [-0.2, 0) is 14.3 Å². The minimum atomic E-state index is -0.604. The van der Waals surface area contributed by atoms with Crippen LogP contribution < -0.4 is 0 Å². The first-order chi connectivity index (χ1) is 8.43.